The number of nitrogens with one attached hydrogen (secondary N) is 1. The fourth-order valence-corrected chi connectivity index (χ4v) is 3.26. The predicted molar refractivity (Wildman–Crippen MR) is 105 cm³/mol. The highest BCUT2D eigenvalue weighted by atomic mass is 127. The zero-order valence-corrected chi connectivity index (χ0v) is 16.5. The summed E-state index contributed by atoms with van der Waals surface area (Å²) in [5.41, 5.74) is 3.24. The van der Waals surface area contributed by atoms with Crippen LogP contribution in [0.3, 0.4) is 0 Å². The van der Waals surface area contributed by atoms with Gasteiger partial charge in [0.2, 0.25) is 0 Å². The molecule has 0 bridgehead atoms. The monoisotopic (exact) mass is 445 g/mol. The van der Waals surface area contributed by atoms with Crippen molar-refractivity contribution in [3.05, 3.63) is 50.1 Å². The van der Waals surface area contributed by atoms with Crippen LogP contribution in [0.2, 0.25) is 5.02 Å². The van der Waals surface area contributed by atoms with E-state index in [2.05, 4.69) is 34.0 Å². The number of ether oxygens (including phenoxy) is 2. The van der Waals surface area contributed by atoms with E-state index in [1.165, 1.54) is 0 Å². The molecule has 0 radical (unpaired) electrons. The van der Waals surface area contributed by atoms with Crippen molar-refractivity contribution in [1.29, 1.82) is 0 Å². The Labute approximate surface area is 156 Å². The molecule has 0 aliphatic carbocycles. The molecular formula is C18H21ClINO2. The summed E-state index contributed by atoms with van der Waals surface area (Å²) in [7, 11) is 0. The van der Waals surface area contributed by atoms with E-state index in [1.807, 2.05) is 45.0 Å². The lowest BCUT2D eigenvalue weighted by molar-refractivity contribution is 0.286. The van der Waals surface area contributed by atoms with Crippen molar-refractivity contribution in [2.24, 2.45) is 0 Å². The largest absolute Gasteiger partial charge is 0.490 e. The number of hydrogen-bond acceptors (Lipinski definition) is 3. The average molecular weight is 446 g/mol. The Kier molecular flexibility index (Phi) is 6.84. The van der Waals surface area contributed by atoms with Crippen LogP contribution >= 0.6 is 34.2 Å². The van der Waals surface area contributed by atoms with Crippen LogP contribution in [0, 0.1) is 10.5 Å². The Balaban J connectivity index is 2.21. The van der Waals surface area contributed by atoms with Gasteiger partial charge in [-0.25, -0.2) is 0 Å². The Hall–Kier alpha value is -1.14. The number of hydrogen-bond donors (Lipinski definition) is 1. The van der Waals surface area contributed by atoms with Crippen LogP contribution in [0.5, 0.6) is 11.5 Å². The van der Waals surface area contributed by atoms with Crippen molar-refractivity contribution < 1.29 is 9.47 Å². The summed E-state index contributed by atoms with van der Waals surface area (Å²) < 4.78 is 12.5. The SMILES string of the molecule is CCOc1cc(CNc2cccc(Cl)c2C)cc(I)c1OCC. The molecule has 0 unspecified atom stereocenters. The van der Waals surface area contributed by atoms with E-state index in [0.29, 0.717) is 19.8 Å². The second-order valence-corrected chi connectivity index (χ2v) is 6.61. The maximum absolute atomic E-state index is 6.17. The molecule has 0 saturated carbocycles. The molecule has 0 aliphatic heterocycles. The number of rotatable bonds is 7. The van der Waals surface area contributed by atoms with Gasteiger partial charge in [0.05, 0.1) is 16.8 Å². The lowest BCUT2D eigenvalue weighted by Crippen LogP contribution is -2.05. The van der Waals surface area contributed by atoms with Crippen LogP contribution in [0.15, 0.2) is 30.3 Å². The highest BCUT2D eigenvalue weighted by molar-refractivity contribution is 14.1. The van der Waals surface area contributed by atoms with Crippen molar-refractivity contribution in [3.63, 3.8) is 0 Å². The minimum Gasteiger partial charge on any atom is -0.490 e. The summed E-state index contributed by atoms with van der Waals surface area (Å²) in [4.78, 5) is 0. The summed E-state index contributed by atoms with van der Waals surface area (Å²) in [5.74, 6) is 1.61. The third-order valence-corrected chi connectivity index (χ3v) is 4.62. The summed E-state index contributed by atoms with van der Waals surface area (Å²) in [5, 5.41) is 4.20. The van der Waals surface area contributed by atoms with Gasteiger partial charge in [-0.1, -0.05) is 17.7 Å². The molecule has 1 N–H and O–H groups in total. The normalized spacial score (nSPS) is 10.5. The first kappa shape index (κ1) is 18.2. The standard InChI is InChI=1S/C18H21ClINO2/c1-4-22-17-10-13(9-15(20)18(17)23-5-2)11-21-16-8-6-7-14(19)12(16)3/h6-10,21H,4-5,11H2,1-3H3. The lowest BCUT2D eigenvalue weighted by Gasteiger charge is -2.16. The maximum atomic E-state index is 6.17. The Bertz CT molecular complexity index is 676. The minimum absolute atomic E-state index is 0.612. The molecule has 2 aromatic carbocycles. The summed E-state index contributed by atoms with van der Waals surface area (Å²) in [6.07, 6.45) is 0. The maximum Gasteiger partial charge on any atom is 0.174 e. The van der Waals surface area contributed by atoms with Crippen molar-refractivity contribution in [2.75, 3.05) is 18.5 Å². The highest BCUT2D eigenvalue weighted by Crippen LogP contribution is 2.34. The molecule has 0 fully saturated rings. The summed E-state index contributed by atoms with van der Waals surface area (Å²) in [6.45, 7) is 7.89. The van der Waals surface area contributed by atoms with Gasteiger partial charge < -0.3 is 14.8 Å². The lowest BCUT2D eigenvalue weighted by atomic mass is 10.1. The molecule has 2 aromatic rings. The third kappa shape index (κ3) is 4.67. The molecule has 2 rings (SSSR count). The minimum atomic E-state index is 0.612. The first-order chi connectivity index (χ1) is 11.1. The molecule has 3 nitrogen and oxygen atoms in total. The van der Waals surface area contributed by atoms with Gasteiger partial charge in [0, 0.05) is 17.3 Å². The van der Waals surface area contributed by atoms with Gasteiger partial charge in [-0.15, -0.1) is 0 Å². The number of halogens is 2. The first-order valence-electron chi connectivity index (χ1n) is 7.63. The van der Waals surface area contributed by atoms with Crippen LogP contribution in [0.25, 0.3) is 0 Å². The molecule has 5 heteroatoms. The number of anilines is 1. The van der Waals surface area contributed by atoms with E-state index in [4.69, 9.17) is 21.1 Å². The van der Waals surface area contributed by atoms with Gasteiger partial charge in [0.25, 0.3) is 0 Å². The fourth-order valence-electron chi connectivity index (χ4n) is 2.27. The van der Waals surface area contributed by atoms with Crippen LogP contribution in [-0.4, -0.2) is 13.2 Å². The van der Waals surface area contributed by atoms with Crippen molar-refractivity contribution >= 4 is 39.9 Å². The molecular weight excluding hydrogens is 425 g/mol. The van der Waals surface area contributed by atoms with E-state index < -0.39 is 0 Å². The molecule has 0 spiro atoms. The molecule has 0 amide bonds. The van der Waals surface area contributed by atoms with Gasteiger partial charge in [0.1, 0.15) is 0 Å². The average Bonchev–Trinajstić information content (AvgIpc) is 2.52. The van der Waals surface area contributed by atoms with Gasteiger partial charge in [-0.3, -0.25) is 0 Å². The Morgan fingerprint density at radius 3 is 2.57 bits per heavy atom. The van der Waals surface area contributed by atoms with Crippen molar-refractivity contribution in [1.82, 2.24) is 0 Å². The smallest absolute Gasteiger partial charge is 0.174 e. The molecule has 23 heavy (non-hydrogen) atoms. The second kappa shape index (κ2) is 8.64. The van der Waals surface area contributed by atoms with E-state index >= 15 is 0 Å². The van der Waals surface area contributed by atoms with Gasteiger partial charge >= 0.3 is 0 Å². The summed E-state index contributed by atoms with van der Waals surface area (Å²) >= 11 is 8.45. The third-order valence-electron chi connectivity index (χ3n) is 3.41. The molecule has 0 saturated heterocycles. The zero-order valence-electron chi connectivity index (χ0n) is 13.6. The highest BCUT2D eigenvalue weighted by Gasteiger charge is 2.12. The molecule has 0 aliphatic rings. The van der Waals surface area contributed by atoms with Crippen LogP contribution < -0.4 is 14.8 Å². The second-order valence-electron chi connectivity index (χ2n) is 5.04. The molecule has 0 heterocycles. The quantitative estimate of drug-likeness (QED) is 0.558. The zero-order chi connectivity index (χ0) is 16.8. The van der Waals surface area contributed by atoms with E-state index in [0.717, 1.165) is 36.9 Å². The molecule has 0 aromatic heterocycles. The Morgan fingerprint density at radius 1 is 1.13 bits per heavy atom. The summed E-state index contributed by atoms with van der Waals surface area (Å²) in [6, 6.07) is 10.0. The van der Waals surface area contributed by atoms with Crippen LogP contribution in [0.1, 0.15) is 25.0 Å². The first-order valence-corrected chi connectivity index (χ1v) is 9.09. The Morgan fingerprint density at radius 2 is 1.87 bits per heavy atom. The fraction of sp³-hybridized carbons (Fsp3) is 0.333. The predicted octanol–water partition coefficient (Wildman–Crippen LogP) is 5.66. The van der Waals surface area contributed by atoms with Gasteiger partial charge in [0.15, 0.2) is 11.5 Å². The van der Waals surface area contributed by atoms with Gasteiger partial charge in [-0.05, 0) is 78.8 Å². The van der Waals surface area contributed by atoms with Crippen LogP contribution in [-0.2, 0) is 6.54 Å². The van der Waals surface area contributed by atoms with Crippen LogP contribution in [0.4, 0.5) is 5.69 Å². The molecule has 0 atom stereocenters. The van der Waals surface area contributed by atoms with E-state index in [9.17, 15) is 0 Å². The van der Waals surface area contributed by atoms with E-state index in [1.54, 1.807) is 0 Å². The van der Waals surface area contributed by atoms with Crippen molar-refractivity contribution in [2.45, 2.75) is 27.3 Å². The van der Waals surface area contributed by atoms with Gasteiger partial charge in [-0.2, -0.15) is 0 Å². The van der Waals surface area contributed by atoms with E-state index in [-0.39, 0.29) is 0 Å². The van der Waals surface area contributed by atoms with Crippen molar-refractivity contribution in [3.8, 4) is 11.5 Å². The topological polar surface area (TPSA) is 30.5 Å². The number of benzene rings is 2. The molecule has 124 valence electrons.